The summed E-state index contributed by atoms with van der Waals surface area (Å²) in [4.78, 5) is 22.2. The van der Waals surface area contributed by atoms with Crippen molar-refractivity contribution in [1.82, 2.24) is 5.32 Å². The standard InChI is InChI=1S/C12H24N2O3/c1-4-5-9(8-11(16)17)14-10(15)6-7-12(2,3)13/h9H,4-8,13H2,1-3H3,(H,14,15)(H,16,17). The van der Waals surface area contributed by atoms with E-state index in [0.717, 1.165) is 6.42 Å². The number of carboxylic acids is 1. The van der Waals surface area contributed by atoms with Crippen molar-refractivity contribution < 1.29 is 14.7 Å². The number of carboxylic acid groups (broad SMARTS) is 1. The van der Waals surface area contributed by atoms with Gasteiger partial charge in [-0.2, -0.15) is 0 Å². The maximum atomic E-state index is 11.6. The minimum absolute atomic E-state index is 0.0222. The van der Waals surface area contributed by atoms with E-state index < -0.39 is 5.97 Å². The molecule has 0 saturated carbocycles. The van der Waals surface area contributed by atoms with Crippen LogP contribution in [-0.4, -0.2) is 28.6 Å². The minimum Gasteiger partial charge on any atom is -0.481 e. The monoisotopic (exact) mass is 244 g/mol. The molecule has 0 aliphatic heterocycles. The van der Waals surface area contributed by atoms with Gasteiger partial charge in [0.15, 0.2) is 0 Å². The molecule has 0 aromatic rings. The second-order valence-electron chi connectivity index (χ2n) is 5.14. The van der Waals surface area contributed by atoms with Gasteiger partial charge in [0.1, 0.15) is 0 Å². The van der Waals surface area contributed by atoms with Crippen LogP contribution in [0.4, 0.5) is 0 Å². The smallest absolute Gasteiger partial charge is 0.305 e. The maximum absolute atomic E-state index is 11.6. The third-order valence-electron chi connectivity index (χ3n) is 2.42. The van der Waals surface area contributed by atoms with Crippen molar-refractivity contribution in [3.05, 3.63) is 0 Å². The first kappa shape index (κ1) is 15.9. The molecule has 0 aromatic carbocycles. The summed E-state index contributed by atoms with van der Waals surface area (Å²) >= 11 is 0. The molecule has 100 valence electrons. The highest BCUT2D eigenvalue weighted by atomic mass is 16.4. The summed E-state index contributed by atoms with van der Waals surface area (Å²) in [6.07, 6.45) is 2.43. The van der Waals surface area contributed by atoms with E-state index in [0.29, 0.717) is 19.3 Å². The van der Waals surface area contributed by atoms with Crippen LogP contribution in [0.5, 0.6) is 0 Å². The molecule has 17 heavy (non-hydrogen) atoms. The molecule has 0 heterocycles. The van der Waals surface area contributed by atoms with E-state index in [1.54, 1.807) is 0 Å². The molecule has 0 spiro atoms. The molecule has 0 aliphatic carbocycles. The molecule has 0 rings (SSSR count). The molecule has 0 aromatic heterocycles. The molecule has 5 heteroatoms. The number of rotatable bonds is 8. The van der Waals surface area contributed by atoms with Crippen LogP contribution in [0.1, 0.15) is 52.9 Å². The second kappa shape index (κ2) is 7.27. The van der Waals surface area contributed by atoms with Crippen molar-refractivity contribution in [2.75, 3.05) is 0 Å². The van der Waals surface area contributed by atoms with E-state index in [2.05, 4.69) is 5.32 Å². The molecule has 0 fully saturated rings. The van der Waals surface area contributed by atoms with E-state index in [9.17, 15) is 9.59 Å². The summed E-state index contributed by atoms with van der Waals surface area (Å²) in [5.74, 6) is -1.01. The molecule has 1 unspecified atom stereocenters. The average molecular weight is 244 g/mol. The van der Waals surface area contributed by atoms with Crippen molar-refractivity contribution in [2.45, 2.75) is 64.5 Å². The van der Waals surface area contributed by atoms with Crippen molar-refractivity contribution >= 4 is 11.9 Å². The maximum Gasteiger partial charge on any atom is 0.305 e. The molecular weight excluding hydrogens is 220 g/mol. The van der Waals surface area contributed by atoms with Crippen LogP contribution in [0, 0.1) is 0 Å². The highest BCUT2D eigenvalue weighted by molar-refractivity contribution is 5.77. The summed E-state index contributed by atoms with van der Waals surface area (Å²) in [5, 5.41) is 11.5. The summed E-state index contributed by atoms with van der Waals surface area (Å²) in [6, 6.07) is -0.272. The summed E-state index contributed by atoms with van der Waals surface area (Å²) in [5.41, 5.74) is 5.41. The van der Waals surface area contributed by atoms with Gasteiger partial charge in [-0.3, -0.25) is 9.59 Å². The fourth-order valence-corrected chi connectivity index (χ4v) is 1.52. The van der Waals surface area contributed by atoms with Gasteiger partial charge < -0.3 is 16.2 Å². The van der Waals surface area contributed by atoms with Gasteiger partial charge in [0.2, 0.25) is 5.91 Å². The zero-order valence-electron chi connectivity index (χ0n) is 11.0. The Kier molecular flexibility index (Phi) is 6.80. The number of nitrogens with two attached hydrogens (primary N) is 1. The van der Waals surface area contributed by atoms with Crippen LogP contribution in [0.2, 0.25) is 0 Å². The van der Waals surface area contributed by atoms with Gasteiger partial charge in [0.05, 0.1) is 6.42 Å². The average Bonchev–Trinajstić information content (AvgIpc) is 2.13. The molecule has 1 atom stereocenters. The Morgan fingerprint density at radius 1 is 1.41 bits per heavy atom. The topological polar surface area (TPSA) is 92.4 Å². The lowest BCUT2D eigenvalue weighted by molar-refractivity contribution is -0.137. The zero-order valence-corrected chi connectivity index (χ0v) is 11.0. The van der Waals surface area contributed by atoms with E-state index in [1.165, 1.54) is 0 Å². The van der Waals surface area contributed by atoms with Crippen LogP contribution in [0.15, 0.2) is 0 Å². The van der Waals surface area contributed by atoms with Crippen LogP contribution in [0.3, 0.4) is 0 Å². The second-order valence-corrected chi connectivity index (χ2v) is 5.14. The highest BCUT2D eigenvalue weighted by Crippen LogP contribution is 2.08. The molecule has 0 aliphatic rings. The molecule has 5 nitrogen and oxygen atoms in total. The van der Waals surface area contributed by atoms with Gasteiger partial charge in [0.25, 0.3) is 0 Å². The summed E-state index contributed by atoms with van der Waals surface area (Å²) < 4.78 is 0. The number of nitrogens with one attached hydrogen (secondary N) is 1. The predicted molar refractivity (Wildman–Crippen MR) is 66.6 cm³/mol. The quantitative estimate of drug-likeness (QED) is 0.599. The van der Waals surface area contributed by atoms with E-state index in [1.807, 2.05) is 20.8 Å². The number of aliphatic carboxylic acids is 1. The lowest BCUT2D eigenvalue weighted by atomic mass is 9.99. The Morgan fingerprint density at radius 2 is 2.00 bits per heavy atom. The number of carbonyl (C=O) groups excluding carboxylic acids is 1. The van der Waals surface area contributed by atoms with Crippen molar-refractivity contribution in [2.24, 2.45) is 5.73 Å². The van der Waals surface area contributed by atoms with Crippen molar-refractivity contribution in [3.63, 3.8) is 0 Å². The normalized spacial score (nSPS) is 13.2. The highest BCUT2D eigenvalue weighted by Gasteiger charge is 2.17. The summed E-state index contributed by atoms with van der Waals surface area (Å²) in [7, 11) is 0. The van der Waals surface area contributed by atoms with Crippen LogP contribution in [0.25, 0.3) is 0 Å². The lowest BCUT2D eigenvalue weighted by Gasteiger charge is -2.20. The number of hydrogen-bond donors (Lipinski definition) is 3. The van der Waals surface area contributed by atoms with Gasteiger partial charge in [-0.1, -0.05) is 13.3 Å². The molecule has 0 bridgehead atoms. The van der Waals surface area contributed by atoms with Gasteiger partial charge in [-0.25, -0.2) is 0 Å². The van der Waals surface area contributed by atoms with Gasteiger partial charge in [0, 0.05) is 18.0 Å². The molecular formula is C12H24N2O3. The Balaban J connectivity index is 4.07. The van der Waals surface area contributed by atoms with Crippen LogP contribution >= 0.6 is 0 Å². The van der Waals surface area contributed by atoms with Gasteiger partial charge in [-0.15, -0.1) is 0 Å². The van der Waals surface area contributed by atoms with E-state index >= 15 is 0 Å². The first-order valence-corrected chi connectivity index (χ1v) is 6.04. The fraction of sp³-hybridized carbons (Fsp3) is 0.833. The lowest BCUT2D eigenvalue weighted by Crippen LogP contribution is -2.39. The minimum atomic E-state index is -0.886. The first-order valence-electron chi connectivity index (χ1n) is 6.04. The molecule has 1 amide bonds. The zero-order chi connectivity index (χ0) is 13.5. The Bertz CT molecular complexity index is 259. The number of hydrogen-bond acceptors (Lipinski definition) is 3. The first-order chi connectivity index (χ1) is 7.74. The third kappa shape index (κ3) is 9.81. The number of carbonyl (C=O) groups is 2. The van der Waals surface area contributed by atoms with E-state index in [4.69, 9.17) is 10.8 Å². The predicted octanol–water partition coefficient (Wildman–Crippen LogP) is 1.26. The molecule has 4 N–H and O–H groups in total. The Hall–Kier alpha value is -1.10. The SMILES string of the molecule is CCCC(CC(=O)O)NC(=O)CCC(C)(C)N. The Morgan fingerprint density at radius 3 is 2.41 bits per heavy atom. The van der Waals surface area contributed by atoms with Crippen molar-refractivity contribution in [3.8, 4) is 0 Å². The van der Waals surface area contributed by atoms with Gasteiger partial charge in [-0.05, 0) is 26.7 Å². The fourth-order valence-electron chi connectivity index (χ4n) is 1.52. The van der Waals surface area contributed by atoms with Crippen LogP contribution in [-0.2, 0) is 9.59 Å². The number of amides is 1. The largest absolute Gasteiger partial charge is 0.481 e. The Labute approximate surface area is 103 Å². The molecule has 0 radical (unpaired) electrons. The molecule has 0 saturated heterocycles. The van der Waals surface area contributed by atoms with Crippen LogP contribution < -0.4 is 11.1 Å². The van der Waals surface area contributed by atoms with Gasteiger partial charge >= 0.3 is 5.97 Å². The summed E-state index contributed by atoms with van der Waals surface area (Å²) in [6.45, 7) is 5.69. The van der Waals surface area contributed by atoms with Crippen molar-refractivity contribution in [1.29, 1.82) is 0 Å². The third-order valence-corrected chi connectivity index (χ3v) is 2.42. The van der Waals surface area contributed by atoms with E-state index in [-0.39, 0.29) is 23.9 Å².